The van der Waals surface area contributed by atoms with Crippen molar-refractivity contribution >= 4 is 17.9 Å². The van der Waals surface area contributed by atoms with Gasteiger partial charge in [0, 0.05) is 19.6 Å². The van der Waals surface area contributed by atoms with E-state index in [1.165, 1.54) is 6.07 Å². The largest absolute Gasteiger partial charge is 0.444 e. The topological polar surface area (TPSA) is 87.7 Å². The van der Waals surface area contributed by atoms with Gasteiger partial charge >= 0.3 is 6.09 Å². The maximum Gasteiger partial charge on any atom is 0.408 e. The zero-order chi connectivity index (χ0) is 21.4. The molecule has 1 aliphatic rings. The van der Waals surface area contributed by atoms with Crippen LogP contribution in [0, 0.1) is 11.7 Å². The Labute approximate surface area is 171 Å². The first-order valence-corrected chi connectivity index (χ1v) is 9.89. The van der Waals surface area contributed by atoms with Crippen molar-refractivity contribution in [3.8, 4) is 0 Å². The van der Waals surface area contributed by atoms with Crippen molar-refractivity contribution in [3.63, 3.8) is 0 Å². The molecule has 0 unspecified atom stereocenters. The molecule has 0 aliphatic carbocycles. The molecule has 2 rings (SSSR count). The molecule has 160 valence electrons. The number of hydrogen-bond donors (Lipinski definition) is 2. The third-order valence-electron chi connectivity index (χ3n) is 4.65. The molecule has 1 saturated heterocycles. The van der Waals surface area contributed by atoms with E-state index in [0.29, 0.717) is 25.2 Å². The van der Waals surface area contributed by atoms with E-state index in [0.717, 1.165) is 12.8 Å². The van der Waals surface area contributed by atoms with Crippen LogP contribution in [0.5, 0.6) is 0 Å². The number of benzene rings is 1. The lowest BCUT2D eigenvalue weighted by Crippen LogP contribution is -2.44. The van der Waals surface area contributed by atoms with E-state index in [1.54, 1.807) is 43.9 Å². The Balaban J connectivity index is 1.65. The van der Waals surface area contributed by atoms with Gasteiger partial charge in [-0.25, -0.2) is 9.18 Å². The van der Waals surface area contributed by atoms with Crippen LogP contribution >= 0.6 is 0 Å². The van der Waals surface area contributed by atoms with Gasteiger partial charge in [0.25, 0.3) is 0 Å². The summed E-state index contributed by atoms with van der Waals surface area (Å²) in [4.78, 5) is 37.6. The highest BCUT2D eigenvalue weighted by Gasteiger charge is 2.24. The summed E-state index contributed by atoms with van der Waals surface area (Å²) in [6.45, 7) is 6.77. The molecule has 0 aromatic heterocycles. The van der Waals surface area contributed by atoms with Crippen LogP contribution in [0.15, 0.2) is 24.3 Å². The van der Waals surface area contributed by atoms with Crippen LogP contribution < -0.4 is 10.6 Å². The highest BCUT2D eigenvalue weighted by molar-refractivity contribution is 5.82. The average molecular weight is 407 g/mol. The molecular weight excluding hydrogens is 377 g/mol. The molecule has 0 atom stereocenters. The molecule has 29 heavy (non-hydrogen) atoms. The number of piperidine rings is 1. The fraction of sp³-hybridized carbons (Fsp3) is 0.571. The Morgan fingerprint density at radius 3 is 2.41 bits per heavy atom. The van der Waals surface area contributed by atoms with Crippen LogP contribution in [-0.4, -0.2) is 54.6 Å². The quantitative estimate of drug-likeness (QED) is 0.757. The maximum atomic E-state index is 13.7. The molecule has 0 bridgehead atoms. The molecule has 0 saturated carbocycles. The number of nitrogens with one attached hydrogen (secondary N) is 2. The summed E-state index contributed by atoms with van der Waals surface area (Å²) in [7, 11) is 0. The smallest absolute Gasteiger partial charge is 0.408 e. The van der Waals surface area contributed by atoms with Gasteiger partial charge in [0.05, 0.1) is 13.0 Å². The number of nitrogens with zero attached hydrogens (tertiary/aromatic N) is 1. The van der Waals surface area contributed by atoms with Gasteiger partial charge in [0.1, 0.15) is 11.4 Å². The summed E-state index contributed by atoms with van der Waals surface area (Å²) >= 11 is 0. The van der Waals surface area contributed by atoms with Crippen molar-refractivity contribution < 1.29 is 23.5 Å². The Morgan fingerprint density at radius 2 is 1.79 bits per heavy atom. The van der Waals surface area contributed by atoms with Crippen molar-refractivity contribution in [3.05, 3.63) is 35.6 Å². The number of hydrogen-bond acceptors (Lipinski definition) is 4. The predicted molar refractivity (Wildman–Crippen MR) is 107 cm³/mol. The summed E-state index contributed by atoms with van der Waals surface area (Å²) in [5, 5.41) is 5.22. The van der Waals surface area contributed by atoms with E-state index in [-0.39, 0.29) is 36.5 Å². The second-order valence-electron chi connectivity index (χ2n) is 8.25. The van der Waals surface area contributed by atoms with Gasteiger partial charge in [-0.3, -0.25) is 9.59 Å². The van der Waals surface area contributed by atoms with Crippen molar-refractivity contribution in [2.24, 2.45) is 5.92 Å². The first-order valence-electron chi connectivity index (χ1n) is 9.89. The Hall–Kier alpha value is -2.64. The fourth-order valence-corrected chi connectivity index (χ4v) is 3.09. The maximum absolute atomic E-state index is 13.7. The van der Waals surface area contributed by atoms with E-state index in [9.17, 15) is 18.8 Å². The van der Waals surface area contributed by atoms with Gasteiger partial charge in [-0.1, -0.05) is 18.2 Å². The third-order valence-corrected chi connectivity index (χ3v) is 4.65. The monoisotopic (exact) mass is 407 g/mol. The van der Waals surface area contributed by atoms with Gasteiger partial charge in [-0.15, -0.1) is 0 Å². The first kappa shape index (κ1) is 22.6. The summed E-state index contributed by atoms with van der Waals surface area (Å²) in [6.07, 6.45) is 0.963. The highest BCUT2D eigenvalue weighted by Crippen LogP contribution is 2.18. The fourth-order valence-electron chi connectivity index (χ4n) is 3.09. The number of halogens is 1. The van der Waals surface area contributed by atoms with Crippen molar-refractivity contribution in [2.75, 3.05) is 26.2 Å². The number of carbonyl (C=O) groups excluding carboxylic acids is 3. The number of likely N-dealkylation sites (tertiary alicyclic amines) is 1. The van der Waals surface area contributed by atoms with Gasteiger partial charge in [-0.05, 0) is 51.2 Å². The minimum atomic E-state index is -0.630. The minimum Gasteiger partial charge on any atom is -0.444 e. The van der Waals surface area contributed by atoms with Crippen LogP contribution in [0.2, 0.25) is 0 Å². The van der Waals surface area contributed by atoms with Gasteiger partial charge in [0.15, 0.2) is 0 Å². The van der Waals surface area contributed by atoms with Crippen molar-refractivity contribution in [2.45, 2.75) is 45.6 Å². The number of rotatable bonds is 6. The van der Waals surface area contributed by atoms with E-state index in [2.05, 4.69) is 10.6 Å². The molecule has 3 amide bonds. The Morgan fingerprint density at radius 1 is 1.14 bits per heavy atom. The van der Waals surface area contributed by atoms with Crippen molar-refractivity contribution in [1.82, 2.24) is 15.5 Å². The second-order valence-corrected chi connectivity index (χ2v) is 8.25. The molecule has 1 aromatic rings. The average Bonchev–Trinajstić information content (AvgIpc) is 2.65. The van der Waals surface area contributed by atoms with Gasteiger partial charge < -0.3 is 20.3 Å². The van der Waals surface area contributed by atoms with E-state index in [4.69, 9.17) is 4.74 Å². The normalized spacial score (nSPS) is 15.0. The molecule has 1 fully saturated rings. The van der Waals surface area contributed by atoms with Crippen LogP contribution in [0.3, 0.4) is 0 Å². The van der Waals surface area contributed by atoms with Gasteiger partial charge in [0.2, 0.25) is 11.8 Å². The summed E-state index contributed by atoms with van der Waals surface area (Å²) < 4.78 is 18.8. The van der Waals surface area contributed by atoms with E-state index < -0.39 is 11.7 Å². The molecule has 2 N–H and O–H groups in total. The van der Waals surface area contributed by atoms with E-state index >= 15 is 0 Å². The molecule has 8 heteroatoms. The van der Waals surface area contributed by atoms with Crippen LogP contribution in [0.4, 0.5) is 9.18 Å². The molecule has 7 nitrogen and oxygen atoms in total. The number of amides is 3. The minimum absolute atomic E-state index is 0.0599. The van der Waals surface area contributed by atoms with E-state index in [1.807, 2.05) is 0 Å². The lowest BCUT2D eigenvalue weighted by atomic mass is 9.96. The molecule has 1 heterocycles. The van der Waals surface area contributed by atoms with Crippen LogP contribution in [0.25, 0.3) is 0 Å². The Kier molecular flexibility index (Phi) is 7.99. The third kappa shape index (κ3) is 8.09. The predicted octanol–water partition coefficient (Wildman–Crippen LogP) is 2.25. The zero-order valence-corrected chi connectivity index (χ0v) is 17.3. The zero-order valence-electron chi connectivity index (χ0n) is 17.3. The Bertz CT molecular complexity index is 725. The summed E-state index contributed by atoms with van der Waals surface area (Å²) in [5.41, 5.74) is -0.206. The SMILES string of the molecule is CC(C)(C)OC(=O)NCC(=O)NCC1CCN(C(=O)Cc2ccccc2F)CC1. The summed E-state index contributed by atoms with van der Waals surface area (Å²) in [6, 6.07) is 6.31. The number of carbonyl (C=O) groups is 3. The number of ether oxygens (including phenoxy) is 1. The highest BCUT2D eigenvalue weighted by atomic mass is 19.1. The second kappa shape index (κ2) is 10.2. The molecule has 0 spiro atoms. The van der Waals surface area contributed by atoms with Gasteiger partial charge in [-0.2, -0.15) is 0 Å². The molecule has 1 aromatic carbocycles. The van der Waals surface area contributed by atoms with Crippen molar-refractivity contribution in [1.29, 1.82) is 0 Å². The molecular formula is C21H30FN3O4. The van der Waals surface area contributed by atoms with Crippen LogP contribution in [-0.2, 0) is 20.7 Å². The summed E-state index contributed by atoms with van der Waals surface area (Å²) in [5.74, 6) is -0.468. The first-order chi connectivity index (χ1) is 13.6. The standard InChI is InChI=1S/C21H30FN3O4/c1-21(2,3)29-20(28)24-14-18(26)23-13-15-8-10-25(11-9-15)19(27)12-16-6-4-5-7-17(16)22/h4-7,15H,8-14H2,1-3H3,(H,23,26)(H,24,28). The number of alkyl carbamates (subject to hydrolysis) is 1. The molecule has 0 radical (unpaired) electrons. The van der Waals surface area contributed by atoms with Crippen LogP contribution in [0.1, 0.15) is 39.2 Å². The molecule has 1 aliphatic heterocycles. The lowest BCUT2D eigenvalue weighted by Gasteiger charge is -2.32. The lowest BCUT2D eigenvalue weighted by molar-refractivity contribution is -0.132.